The van der Waals surface area contributed by atoms with Crippen molar-refractivity contribution in [3.63, 3.8) is 0 Å². The van der Waals surface area contributed by atoms with Gasteiger partial charge < -0.3 is 9.84 Å². The summed E-state index contributed by atoms with van der Waals surface area (Å²) < 4.78 is 6.68. The van der Waals surface area contributed by atoms with Crippen LogP contribution in [0.25, 0.3) is 10.1 Å². The van der Waals surface area contributed by atoms with Gasteiger partial charge in [0.2, 0.25) is 0 Å². The molecule has 0 atom stereocenters. The molecule has 0 spiro atoms. The Bertz CT molecular complexity index is 824. The second kappa shape index (κ2) is 7.02. The van der Waals surface area contributed by atoms with E-state index in [4.69, 9.17) is 16.3 Å². The molecule has 0 aliphatic heterocycles. The van der Waals surface area contributed by atoms with E-state index in [1.54, 1.807) is 12.1 Å². The normalized spacial score (nSPS) is 10.8. The van der Waals surface area contributed by atoms with Crippen molar-refractivity contribution in [2.24, 2.45) is 0 Å². The molecule has 5 heteroatoms. The zero-order valence-corrected chi connectivity index (χ0v) is 13.9. The largest absolute Gasteiger partial charge is 0.494 e. The lowest BCUT2D eigenvalue weighted by atomic mass is 10.1. The van der Waals surface area contributed by atoms with E-state index in [0.717, 1.165) is 27.8 Å². The molecule has 0 amide bonds. The Labute approximate surface area is 143 Å². The Balaban J connectivity index is 1.68. The second-order valence-electron chi connectivity index (χ2n) is 5.12. The van der Waals surface area contributed by atoms with Gasteiger partial charge in [0.1, 0.15) is 10.6 Å². The molecule has 3 rings (SSSR count). The van der Waals surface area contributed by atoms with Crippen molar-refractivity contribution in [2.45, 2.75) is 12.8 Å². The van der Waals surface area contributed by atoms with Crippen LogP contribution in [0, 0.1) is 0 Å². The molecule has 0 radical (unpaired) electrons. The van der Waals surface area contributed by atoms with E-state index in [9.17, 15) is 9.90 Å². The Morgan fingerprint density at radius 2 is 1.87 bits per heavy atom. The highest BCUT2D eigenvalue weighted by Gasteiger charge is 2.16. The first kappa shape index (κ1) is 15.8. The topological polar surface area (TPSA) is 46.5 Å². The average molecular weight is 347 g/mol. The molecule has 23 heavy (non-hydrogen) atoms. The van der Waals surface area contributed by atoms with Crippen molar-refractivity contribution in [1.82, 2.24) is 0 Å². The number of ether oxygens (including phenoxy) is 1. The van der Waals surface area contributed by atoms with Crippen molar-refractivity contribution in [3.05, 3.63) is 64.0 Å². The zero-order chi connectivity index (χ0) is 16.2. The quantitative estimate of drug-likeness (QED) is 0.619. The fourth-order valence-corrected chi connectivity index (χ4v) is 3.71. The number of hydrogen-bond acceptors (Lipinski definition) is 3. The molecule has 0 unspecified atom stereocenters. The van der Waals surface area contributed by atoms with Crippen LogP contribution in [0.2, 0.25) is 5.02 Å². The van der Waals surface area contributed by atoms with Gasteiger partial charge in [-0.1, -0.05) is 29.8 Å². The van der Waals surface area contributed by atoms with E-state index >= 15 is 0 Å². The molecule has 2 aromatic carbocycles. The monoisotopic (exact) mass is 346 g/mol. The third-order valence-corrected chi connectivity index (χ3v) is 5.00. The first-order valence-corrected chi connectivity index (χ1v) is 8.46. The summed E-state index contributed by atoms with van der Waals surface area (Å²) in [6, 6.07) is 15.0. The number of carboxylic acids is 1. The minimum atomic E-state index is -0.861. The number of carbonyl (C=O) groups is 1. The molecule has 0 bridgehead atoms. The number of fused-ring (bicyclic) bond motifs is 1. The van der Waals surface area contributed by atoms with Gasteiger partial charge in [0.05, 0.1) is 6.61 Å². The summed E-state index contributed by atoms with van der Waals surface area (Å²) in [7, 11) is 0. The van der Waals surface area contributed by atoms with E-state index < -0.39 is 5.97 Å². The lowest BCUT2D eigenvalue weighted by molar-refractivity contribution is 0.0701. The van der Waals surface area contributed by atoms with Crippen LogP contribution in [-0.4, -0.2) is 17.7 Å². The maximum atomic E-state index is 11.4. The third-order valence-electron chi connectivity index (χ3n) is 3.55. The van der Waals surface area contributed by atoms with Crippen molar-refractivity contribution in [3.8, 4) is 5.75 Å². The maximum Gasteiger partial charge on any atom is 0.346 e. The van der Waals surface area contributed by atoms with Crippen molar-refractivity contribution < 1.29 is 14.6 Å². The predicted molar refractivity (Wildman–Crippen MR) is 94.1 cm³/mol. The Morgan fingerprint density at radius 3 is 2.61 bits per heavy atom. The van der Waals surface area contributed by atoms with Gasteiger partial charge in [-0.2, -0.15) is 0 Å². The molecule has 118 valence electrons. The van der Waals surface area contributed by atoms with E-state index in [1.807, 2.05) is 36.4 Å². The van der Waals surface area contributed by atoms with Gasteiger partial charge in [-0.25, -0.2) is 4.79 Å². The Morgan fingerprint density at radius 1 is 1.13 bits per heavy atom. The fraction of sp³-hybridized carbons (Fsp3) is 0.167. The molecule has 0 saturated heterocycles. The summed E-state index contributed by atoms with van der Waals surface area (Å²) in [4.78, 5) is 11.9. The summed E-state index contributed by atoms with van der Waals surface area (Å²) >= 11 is 7.17. The predicted octanol–water partition coefficient (Wildman–Crippen LogP) is 5.26. The van der Waals surface area contributed by atoms with Crippen LogP contribution >= 0.6 is 22.9 Å². The number of aromatic carboxylic acids is 1. The van der Waals surface area contributed by atoms with E-state index in [1.165, 1.54) is 11.3 Å². The average Bonchev–Trinajstić information content (AvgIpc) is 2.92. The molecule has 3 nitrogen and oxygen atoms in total. The number of rotatable bonds is 6. The highest BCUT2D eigenvalue weighted by molar-refractivity contribution is 7.21. The summed E-state index contributed by atoms with van der Waals surface area (Å²) in [5, 5.41) is 11.1. The van der Waals surface area contributed by atoms with Crippen LogP contribution in [0.1, 0.15) is 21.7 Å². The fourth-order valence-electron chi connectivity index (χ4n) is 2.49. The van der Waals surface area contributed by atoms with Crippen LogP contribution in [0.3, 0.4) is 0 Å². The van der Waals surface area contributed by atoms with Crippen LogP contribution < -0.4 is 4.74 Å². The molecular weight excluding hydrogens is 332 g/mol. The van der Waals surface area contributed by atoms with Gasteiger partial charge in [-0.3, -0.25) is 0 Å². The highest BCUT2D eigenvalue weighted by atomic mass is 35.5. The summed E-state index contributed by atoms with van der Waals surface area (Å²) in [6.45, 7) is 0.533. The highest BCUT2D eigenvalue weighted by Crippen LogP contribution is 2.32. The van der Waals surface area contributed by atoms with Crippen molar-refractivity contribution in [1.29, 1.82) is 0 Å². The third kappa shape index (κ3) is 3.66. The Hall–Kier alpha value is -2.04. The minimum Gasteiger partial charge on any atom is -0.494 e. The molecule has 1 heterocycles. The van der Waals surface area contributed by atoms with E-state index in [-0.39, 0.29) is 0 Å². The molecule has 0 aliphatic rings. The van der Waals surface area contributed by atoms with Crippen molar-refractivity contribution >= 4 is 39.0 Å². The smallest absolute Gasteiger partial charge is 0.346 e. The molecule has 0 aliphatic carbocycles. The number of halogens is 1. The summed E-state index contributed by atoms with van der Waals surface area (Å²) in [6.07, 6.45) is 1.43. The van der Waals surface area contributed by atoms with Crippen LogP contribution in [0.15, 0.2) is 48.5 Å². The lowest BCUT2D eigenvalue weighted by Gasteiger charge is -2.06. The standard InChI is InChI=1S/C18H15ClO3S/c19-12-7-9-13(10-8-12)22-11-3-5-15-14-4-1-2-6-16(14)23-17(15)18(20)21/h1-2,4,6-10H,3,5,11H2,(H,20,21). The zero-order valence-electron chi connectivity index (χ0n) is 12.3. The van der Waals surface area contributed by atoms with Crippen LogP contribution in [0.5, 0.6) is 5.75 Å². The number of aryl methyl sites for hydroxylation is 1. The van der Waals surface area contributed by atoms with Gasteiger partial charge in [-0.15, -0.1) is 11.3 Å². The second-order valence-corrected chi connectivity index (χ2v) is 6.61. The first-order valence-electron chi connectivity index (χ1n) is 7.27. The lowest BCUT2D eigenvalue weighted by Crippen LogP contribution is -2.02. The number of carboxylic acid groups (broad SMARTS) is 1. The van der Waals surface area contributed by atoms with Crippen LogP contribution in [0.4, 0.5) is 0 Å². The maximum absolute atomic E-state index is 11.4. The molecular formula is C18H15ClO3S. The molecule has 1 aromatic heterocycles. The Kier molecular flexibility index (Phi) is 4.84. The SMILES string of the molecule is O=C(O)c1sc2ccccc2c1CCCOc1ccc(Cl)cc1. The van der Waals surface area contributed by atoms with Gasteiger partial charge in [-0.05, 0) is 54.1 Å². The van der Waals surface area contributed by atoms with E-state index in [0.29, 0.717) is 22.9 Å². The number of benzene rings is 2. The van der Waals surface area contributed by atoms with Gasteiger partial charge in [0.15, 0.2) is 0 Å². The van der Waals surface area contributed by atoms with Gasteiger partial charge in [0, 0.05) is 9.72 Å². The first-order chi connectivity index (χ1) is 11.1. The van der Waals surface area contributed by atoms with E-state index in [2.05, 4.69) is 0 Å². The molecule has 3 aromatic rings. The molecule has 0 fully saturated rings. The molecule has 1 N–H and O–H groups in total. The molecule has 0 saturated carbocycles. The summed E-state index contributed by atoms with van der Waals surface area (Å²) in [5.41, 5.74) is 0.901. The number of hydrogen-bond donors (Lipinski definition) is 1. The minimum absolute atomic E-state index is 0.428. The summed E-state index contributed by atoms with van der Waals surface area (Å²) in [5.74, 6) is -0.0946. The number of thiophene rings is 1. The van der Waals surface area contributed by atoms with Gasteiger partial charge >= 0.3 is 5.97 Å². The van der Waals surface area contributed by atoms with Crippen molar-refractivity contribution in [2.75, 3.05) is 6.61 Å². The van der Waals surface area contributed by atoms with Crippen LogP contribution in [-0.2, 0) is 6.42 Å². The van der Waals surface area contributed by atoms with Gasteiger partial charge in [0.25, 0.3) is 0 Å².